The van der Waals surface area contributed by atoms with Crippen LogP contribution in [0, 0.1) is 5.92 Å². The van der Waals surface area contributed by atoms with E-state index in [0.29, 0.717) is 0 Å². The van der Waals surface area contributed by atoms with Gasteiger partial charge in [0.2, 0.25) is 0 Å². The zero-order valence-electron chi connectivity index (χ0n) is 12.3. The van der Waals surface area contributed by atoms with Crippen LogP contribution in [0.15, 0.2) is 42.5 Å². The fraction of sp³-hybridized carbons (Fsp3) is 0.444. The molecule has 1 N–H and O–H groups in total. The van der Waals surface area contributed by atoms with Crippen LogP contribution >= 0.6 is 0 Å². The van der Waals surface area contributed by atoms with Gasteiger partial charge in [0.05, 0.1) is 0 Å². The first-order chi connectivity index (χ1) is 9.86. The molecule has 2 aromatic carbocycles. The summed E-state index contributed by atoms with van der Waals surface area (Å²) in [6, 6.07) is 15.4. The highest BCUT2D eigenvalue weighted by atomic mass is 15.2. The molecule has 1 aliphatic heterocycles. The number of benzene rings is 2. The van der Waals surface area contributed by atoms with Crippen LogP contribution in [0.3, 0.4) is 0 Å². The molecular formula is C18H24N2. The Hall–Kier alpha value is -1.54. The normalized spacial score (nSPS) is 18.9. The standard InChI is InChI=1S/C18H24N2/c1-2-10-19-13-15-9-11-20(14-15)18-8-7-16-5-3-4-6-17(16)12-18/h3-8,12,15,19H,2,9-11,13-14H2,1H3. The van der Waals surface area contributed by atoms with E-state index >= 15 is 0 Å². The molecule has 1 atom stereocenters. The maximum Gasteiger partial charge on any atom is 0.0372 e. The molecule has 0 spiro atoms. The van der Waals surface area contributed by atoms with Crippen molar-refractivity contribution in [2.45, 2.75) is 19.8 Å². The van der Waals surface area contributed by atoms with Gasteiger partial charge in [-0.05, 0) is 54.8 Å². The van der Waals surface area contributed by atoms with E-state index in [1.54, 1.807) is 0 Å². The molecule has 1 heterocycles. The first kappa shape index (κ1) is 13.4. The van der Waals surface area contributed by atoms with Gasteiger partial charge in [-0.3, -0.25) is 0 Å². The van der Waals surface area contributed by atoms with E-state index in [-0.39, 0.29) is 0 Å². The summed E-state index contributed by atoms with van der Waals surface area (Å²) in [5, 5.41) is 6.23. The lowest BCUT2D eigenvalue weighted by Crippen LogP contribution is -2.26. The summed E-state index contributed by atoms with van der Waals surface area (Å²) < 4.78 is 0. The van der Waals surface area contributed by atoms with E-state index < -0.39 is 0 Å². The van der Waals surface area contributed by atoms with Crippen molar-refractivity contribution in [3.8, 4) is 0 Å². The Labute approximate surface area is 121 Å². The largest absolute Gasteiger partial charge is 0.371 e. The molecule has 0 amide bonds. The third-order valence-electron chi connectivity index (χ3n) is 4.24. The van der Waals surface area contributed by atoms with Gasteiger partial charge >= 0.3 is 0 Å². The lowest BCUT2D eigenvalue weighted by molar-refractivity contribution is 0.516. The molecule has 0 radical (unpaired) electrons. The van der Waals surface area contributed by atoms with Crippen molar-refractivity contribution in [2.24, 2.45) is 5.92 Å². The highest BCUT2D eigenvalue weighted by molar-refractivity contribution is 5.85. The van der Waals surface area contributed by atoms with Gasteiger partial charge in [-0.2, -0.15) is 0 Å². The third-order valence-corrected chi connectivity index (χ3v) is 4.24. The predicted molar refractivity (Wildman–Crippen MR) is 87.4 cm³/mol. The smallest absolute Gasteiger partial charge is 0.0372 e. The Morgan fingerprint density at radius 1 is 1.15 bits per heavy atom. The predicted octanol–water partition coefficient (Wildman–Crippen LogP) is 3.67. The minimum absolute atomic E-state index is 0.799. The van der Waals surface area contributed by atoms with Gasteiger partial charge in [0.1, 0.15) is 0 Å². The monoisotopic (exact) mass is 268 g/mol. The van der Waals surface area contributed by atoms with Crippen LogP contribution in [-0.2, 0) is 0 Å². The number of nitrogens with one attached hydrogen (secondary N) is 1. The van der Waals surface area contributed by atoms with Crippen LogP contribution in [0.5, 0.6) is 0 Å². The van der Waals surface area contributed by atoms with Crippen molar-refractivity contribution < 1.29 is 0 Å². The second-order valence-corrected chi connectivity index (χ2v) is 5.84. The van der Waals surface area contributed by atoms with Crippen molar-refractivity contribution >= 4 is 16.5 Å². The van der Waals surface area contributed by atoms with Gasteiger partial charge in [-0.15, -0.1) is 0 Å². The Morgan fingerprint density at radius 2 is 2.00 bits per heavy atom. The topological polar surface area (TPSA) is 15.3 Å². The summed E-state index contributed by atoms with van der Waals surface area (Å²) >= 11 is 0. The van der Waals surface area contributed by atoms with Crippen LogP contribution in [0.2, 0.25) is 0 Å². The Morgan fingerprint density at radius 3 is 2.85 bits per heavy atom. The molecule has 106 valence electrons. The number of nitrogens with zero attached hydrogens (tertiary/aromatic N) is 1. The fourth-order valence-electron chi connectivity index (χ4n) is 3.09. The molecule has 0 saturated carbocycles. The number of hydrogen-bond donors (Lipinski definition) is 1. The molecule has 1 unspecified atom stereocenters. The van der Waals surface area contributed by atoms with Crippen molar-refractivity contribution in [1.82, 2.24) is 5.32 Å². The molecular weight excluding hydrogens is 244 g/mol. The lowest BCUT2D eigenvalue weighted by atomic mass is 10.1. The molecule has 0 bridgehead atoms. The van der Waals surface area contributed by atoms with Crippen molar-refractivity contribution in [3.05, 3.63) is 42.5 Å². The Kier molecular flexibility index (Phi) is 4.22. The van der Waals surface area contributed by atoms with E-state index in [2.05, 4.69) is 59.6 Å². The van der Waals surface area contributed by atoms with Crippen LogP contribution < -0.4 is 10.2 Å². The first-order valence-electron chi connectivity index (χ1n) is 7.81. The molecule has 0 aliphatic carbocycles. The lowest BCUT2D eigenvalue weighted by Gasteiger charge is -2.19. The van der Waals surface area contributed by atoms with E-state index in [0.717, 1.165) is 19.0 Å². The Bertz CT molecular complexity index is 564. The van der Waals surface area contributed by atoms with Gasteiger partial charge in [0.25, 0.3) is 0 Å². The molecule has 2 aromatic rings. The average Bonchev–Trinajstić information content (AvgIpc) is 2.96. The zero-order chi connectivity index (χ0) is 13.8. The summed E-state index contributed by atoms with van der Waals surface area (Å²) in [4.78, 5) is 2.53. The Balaban J connectivity index is 1.66. The second-order valence-electron chi connectivity index (χ2n) is 5.84. The zero-order valence-corrected chi connectivity index (χ0v) is 12.3. The van der Waals surface area contributed by atoms with E-state index in [4.69, 9.17) is 0 Å². The molecule has 3 rings (SSSR count). The second kappa shape index (κ2) is 6.27. The van der Waals surface area contributed by atoms with E-state index in [9.17, 15) is 0 Å². The van der Waals surface area contributed by atoms with Crippen molar-refractivity contribution in [3.63, 3.8) is 0 Å². The summed E-state index contributed by atoms with van der Waals surface area (Å²) in [5.74, 6) is 0.799. The number of anilines is 1. The molecule has 0 aromatic heterocycles. The summed E-state index contributed by atoms with van der Waals surface area (Å²) in [6.07, 6.45) is 2.53. The van der Waals surface area contributed by atoms with Crippen LogP contribution in [0.4, 0.5) is 5.69 Å². The minimum Gasteiger partial charge on any atom is -0.371 e. The van der Waals surface area contributed by atoms with Gasteiger partial charge < -0.3 is 10.2 Å². The fourth-order valence-corrected chi connectivity index (χ4v) is 3.09. The van der Waals surface area contributed by atoms with Crippen molar-refractivity contribution in [2.75, 3.05) is 31.1 Å². The van der Waals surface area contributed by atoms with Crippen LogP contribution in [0.25, 0.3) is 10.8 Å². The summed E-state index contributed by atoms with van der Waals surface area (Å²) in [7, 11) is 0. The quantitative estimate of drug-likeness (QED) is 0.832. The molecule has 1 aliphatic rings. The minimum atomic E-state index is 0.799. The molecule has 20 heavy (non-hydrogen) atoms. The summed E-state index contributed by atoms with van der Waals surface area (Å²) in [5.41, 5.74) is 1.38. The molecule has 1 saturated heterocycles. The highest BCUT2D eigenvalue weighted by Crippen LogP contribution is 2.26. The number of hydrogen-bond acceptors (Lipinski definition) is 2. The summed E-state index contributed by atoms with van der Waals surface area (Å²) in [6.45, 7) is 6.92. The number of rotatable bonds is 5. The number of fused-ring (bicyclic) bond motifs is 1. The highest BCUT2D eigenvalue weighted by Gasteiger charge is 2.22. The maximum absolute atomic E-state index is 3.55. The van der Waals surface area contributed by atoms with Gasteiger partial charge in [-0.25, -0.2) is 0 Å². The first-order valence-corrected chi connectivity index (χ1v) is 7.81. The maximum atomic E-state index is 3.55. The average molecular weight is 268 g/mol. The van der Waals surface area contributed by atoms with E-state index in [1.165, 1.54) is 42.4 Å². The van der Waals surface area contributed by atoms with E-state index in [1.807, 2.05) is 0 Å². The third kappa shape index (κ3) is 2.96. The molecule has 1 fully saturated rings. The van der Waals surface area contributed by atoms with Gasteiger partial charge in [0.15, 0.2) is 0 Å². The molecule has 2 heteroatoms. The van der Waals surface area contributed by atoms with Gasteiger partial charge in [-0.1, -0.05) is 37.3 Å². The van der Waals surface area contributed by atoms with Crippen molar-refractivity contribution in [1.29, 1.82) is 0 Å². The van der Waals surface area contributed by atoms with Crippen LogP contribution in [-0.4, -0.2) is 26.2 Å². The van der Waals surface area contributed by atoms with Gasteiger partial charge in [0, 0.05) is 18.8 Å². The van der Waals surface area contributed by atoms with Crippen LogP contribution in [0.1, 0.15) is 19.8 Å². The molecule has 2 nitrogen and oxygen atoms in total. The SMILES string of the molecule is CCCNCC1CCN(c2ccc3ccccc3c2)C1.